The first-order valence-corrected chi connectivity index (χ1v) is 9.39. The van der Waals surface area contributed by atoms with Crippen LogP contribution in [-0.2, 0) is 16.3 Å². The van der Waals surface area contributed by atoms with Gasteiger partial charge in [0.25, 0.3) is 0 Å². The van der Waals surface area contributed by atoms with Crippen LogP contribution in [0.4, 0.5) is 0 Å². The van der Waals surface area contributed by atoms with E-state index in [0.717, 1.165) is 10.9 Å². The molecule has 0 aliphatic carbocycles. The molecule has 0 fully saturated rings. The number of nitrogens with zero attached hydrogens (tertiary/aromatic N) is 1. The Bertz CT molecular complexity index is 1100. The van der Waals surface area contributed by atoms with Crippen LogP contribution in [0.1, 0.15) is 23.8 Å². The van der Waals surface area contributed by atoms with E-state index in [1.807, 2.05) is 44.2 Å². The van der Waals surface area contributed by atoms with Crippen molar-refractivity contribution in [1.29, 1.82) is 5.26 Å². The maximum absolute atomic E-state index is 12.8. The molecule has 0 amide bonds. The van der Waals surface area contributed by atoms with Gasteiger partial charge in [0, 0.05) is 17.4 Å². The van der Waals surface area contributed by atoms with E-state index in [2.05, 4.69) is 0 Å². The second kappa shape index (κ2) is 6.58. The van der Waals surface area contributed by atoms with Crippen molar-refractivity contribution in [3.05, 3.63) is 70.3 Å². The average Bonchev–Trinajstić information content (AvgIpc) is 2.97. The number of furan rings is 1. The molecule has 4 nitrogen and oxygen atoms in total. The standard InChI is InChI=1S/C20H17NO3S/c1-3-19-18(17-6-4-5-7-20(17)24-19)12-16(13-21)25(22,23)15-10-8-14(2)9-11-15/h4-12H,3H2,1-2H3/b16-12-. The smallest absolute Gasteiger partial charge is 0.216 e. The van der Waals surface area contributed by atoms with Gasteiger partial charge in [-0.1, -0.05) is 42.8 Å². The van der Waals surface area contributed by atoms with Crippen molar-refractivity contribution in [1.82, 2.24) is 0 Å². The lowest BCUT2D eigenvalue weighted by Gasteiger charge is -2.04. The van der Waals surface area contributed by atoms with Gasteiger partial charge in [0.1, 0.15) is 22.3 Å². The molecule has 1 aromatic heterocycles. The van der Waals surface area contributed by atoms with Gasteiger partial charge >= 0.3 is 0 Å². The van der Waals surface area contributed by atoms with Gasteiger partial charge in [0.05, 0.1) is 4.90 Å². The molecule has 0 unspecified atom stereocenters. The van der Waals surface area contributed by atoms with Gasteiger partial charge in [-0.3, -0.25) is 0 Å². The summed E-state index contributed by atoms with van der Waals surface area (Å²) in [4.78, 5) is -0.186. The SMILES string of the molecule is CCc1oc2ccccc2c1/C=C(/C#N)S(=O)(=O)c1ccc(C)cc1. The third-order valence-electron chi connectivity index (χ3n) is 4.04. The largest absolute Gasteiger partial charge is 0.460 e. The fraction of sp³-hybridized carbons (Fsp3) is 0.150. The third kappa shape index (κ3) is 3.09. The average molecular weight is 351 g/mol. The molecule has 0 radical (unpaired) electrons. The van der Waals surface area contributed by atoms with Crippen molar-refractivity contribution in [2.75, 3.05) is 0 Å². The monoisotopic (exact) mass is 351 g/mol. The Kier molecular flexibility index (Phi) is 4.47. The summed E-state index contributed by atoms with van der Waals surface area (Å²) in [6, 6.07) is 15.7. The zero-order chi connectivity index (χ0) is 18.0. The highest BCUT2D eigenvalue weighted by molar-refractivity contribution is 7.95. The summed E-state index contributed by atoms with van der Waals surface area (Å²) < 4.78 is 31.4. The Morgan fingerprint density at radius 1 is 1.16 bits per heavy atom. The van der Waals surface area contributed by atoms with Crippen molar-refractivity contribution >= 4 is 26.9 Å². The van der Waals surface area contributed by atoms with Gasteiger partial charge in [0.15, 0.2) is 0 Å². The summed E-state index contributed by atoms with van der Waals surface area (Å²) in [6.45, 7) is 3.80. The Morgan fingerprint density at radius 2 is 1.84 bits per heavy atom. The molecule has 5 heteroatoms. The molecule has 25 heavy (non-hydrogen) atoms. The summed E-state index contributed by atoms with van der Waals surface area (Å²) in [5.74, 6) is 0.660. The molecule has 1 heterocycles. The lowest BCUT2D eigenvalue weighted by molar-refractivity contribution is 0.556. The maximum Gasteiger partial charge on any atom is 0.216 e. The number of hydrogen-bond donors (Lipinski definition) is 0. The summed E-state index contributed by atoms with van der Waals surface area (Å²) in [5, 5.41) is 10.3. The minimum absolute atomic E-state index is 0.108. The molecule has 0 atom stereocenters. The van der Waals surface area contributed by atoms with Crippen LogP contribution < -0.4 is 0 Å². The number of para-hydroxylation sites is 1. The summed E-state index contributed by atoms with van der Waals surface area (Å²) >= 11 is 0. The highest BCUT2D eigenvalue weighted by Crippen LogP contribution is 2.30. The number of rotatable bonds is 4. The van der Waals surface area contributed by atoms with Crippen molar-refractivity contribution in [3.63, 3.8) is 0 Å². The minimum atomic E-state index is -3.88. The van der Waals surface area contributed by atoms with Gasteiger partial charge in [-0.05, 0) is 31.2 Å². The first-order chi connectivity index (χ1) is 12.0. The molecule has 0 aliphatic heterocycles. The summed E-state index contributed by atoms with van der Waals surface area (Å²) in [6.07, 6.45) is 2.02. The third-order valence-corrected chi connectivity index (χ3v) is 5.72. The van der Waals surface area contributed by atoms with Crippen LogP contribution in [0.5, 0.6) is 0 Å². The second-order valence-electron chi connectivity index (χ2n) is 5.73. The topological polar surface area (TPSA) is 71.1 Å². The number of sulfone groups is 1. The number of hydrogen-bond acceptors (Lipinski definition) is 4. The Labute approximate surface area is 146 Å². The zero-order valence-electron chi connectivity index (χ0n) is 14.0. The fourth-order valence-corrected chi connectivity index (χ4v) is 3.82. The van der Waals surface area contributed by atoms with Crippen molar-refractivity contribution in [2.24, 2.45) is 0 Å². The zero-order valence-corrected chi connectivity index (χ0v) is 14.8. The molecule has 0 saturated heterocycles. The van der Waals surface area contributed by atoms with Gasteiger partial charge in [0.2, 0.25) is 9.84 Å². The molecule has 2 aromatic carbocycles. The van der Waals surface area contributed by atoms with Crippen LogP contribution in [0.2, 0.25) is 0 Å². The quantitative estimate of drug-likeness (QED) is 0.642. The number of benzene rings is 2. The van der Waals surface area contributed by atoms with Crippen molar-refractivity contribution in [2.45, 2.75) is 25.2 Å². The van der Waals surface area contributed by atoms with E-state index < -0.39 is 9.84 Å². The van der Waals surface area contributed by atoms with Crippen LogP contribution in [0, 0.1) is 18.3 Å². The van der Waals surface area contributed by atoms with Gasteiger partial charge in [-0.2, -0.15) is 5.26 Å². The number of nitriles is 1. The van der Waals surface area contributed by atoms with Gasteiger partial charge < -0.3 is 4.42 Å². The van der Waals surface area contributed by atoms with Crippen LogP contribution in [0.25, 0.3) is 17.0 Å². The number of allylic oxidation sites excluding steroid dienone is 1. The van der Waals surface area contributed by atoms with Crippen LogP contribution >= 0.6 is 0 Å². The van der Waals surface area contributed by atoms with E-state index in [4.69, 9.17) is 4.42 Å². The molecule has 0 N–H and O–H groups in total. The fourth-order valence-electron chi connectivity index (χ4n) is 2.68. The number of fused-ring (bicyclic) bond motifs is 1. The van der Waals surface area contributed by atoms with Gasteiger partial charge in [-0.25, -0.2) is 8.42 Å². The van der Waals surface area contributed by atoms with Crippen molar-refractivity contribution in [3.8, 4) is 6.07 Å². The molecule has 0 aliphatic rings. The summed E-state index contributed by atoms with van der Waals surface area (Å²) in [7, 11) is -3.88. The molecule has 3 rings (SSSR count). The lowest BCUT2D eigenvalue weighted by atomic mass is 10.1. The highest BCUT2D eigenvalue weighted by Gasteiger charge is 2.22. The van der Waals surface area contributed by atoms with Crippen LogP contribution in [0.3, 0.4) is 0 Å². The first-order valence-electron chi connectivity index (χ1n) is 7.91. The van der Waals surface area contributed by atoms with E-state index in [-0.39, 0.29) is 9.80 Å². The molecule has 0 saturated carbocycles. The Hall–Kier alpha value is -2.84. The van der Waals surface area contributed by atoms with Crippen molar-refractivity contribution < 1.29 is 12.8 Å². The second-order valence-corrected chi connectivity index (χ2v) is 7.64. The molecule has 0 bridgehead atoms. The number of aryl methyl sites for hydroxylation is 2. The molecular formula is C20H17NO3S. The summed E-state index contributed by atoms with van der Waals surface area (Å²) in [5.41, 5.74) is 2.27. The van der Waals surface area contributed by atoms with Crippen LogP contribution in [0.15, 0.2) is 62.7 Å². The molecule has 0 spiro atoms. The van der Waals surface area contributed by atoms with Gasteiger partial charge in [-0.15, -0.1) is 0 Å². The van der Waals surface area contributed by atoms with E-state index in [9.17, 15) is 13.7 Å². The predicted molar refractivity (Wildman–Crippen MR) is 97.5 cm³/mol. The predicted octanol–water partition coefficient (Wildman–Crippen LogP) is 4.64. The maximum atomic E-state index is 12.8. The molecule has 126 valence electrons. The molecular weight excluding hydrogens is 334 g/mol. The van der Waals surface area contributed by atoms with E-state index in [1.54, 1.807) is 12.1 Å². The van der Waals surface area contributed by atoms with E-state index in [0.29, 0.717) is 23.3 Å². The molecule has 3 aromatic rings. The van der Waals surface area contributed by atoms with E-state index >= 15 is 0 Å². The van der Waals surface area contributed by atoms with E-state index in [1.165, 1.54) is 18.2 Å². The van der Waals surface area contributed by atoms with Crippen LogP contribution in [-0.4, -0.2) is 8.42 Å². The first kappa shape index (κ1) is 17.0. The highest BCUT2D eigenvalue weighted by atomic mass is 32.2. The Morgan fingerprint density at radius 3 is 2.48 bits per heavy atom. The Balaban J connectivity index is 2.19. The normalized spacial score (nSPS) is 12.3. The lowest BCUT2D eigenvalue weighted by Crippen LogP contribution is -2.03. The minimum Gasteiger partial charge on any atom is -0.460 e.